The molecule has 5 unspecified atom stereocenters. The van der Waals surface area contributed by atoms with Gasteiger partial charge in [-0.15, -0.1) is 0 Å². The van der Waals surface area contributed by atoms with Gasteiger partial charge in [-0.1, -0.05) is 31.9 Å². The summed E-state index contributed by atoms with van der Waals surface area (Å²) < 4.78 is 89.1. The first-order valence-electron chi connectivity index (χ1n) is 20.0. The molecule has 1 aromatic carbocycles. The molecule has 14 nitrogen and oxygen atoms in total. The topological polar surface area (TPSA) is 182 Å². The molecule has 59 heavy (non-hydrogen) atoms. The van der Waals surface area contributed by atoms with Gasteiger partial charge in [0.1, 0.15) is 34.6 Å². The van der Waals surface area contributed by atoms with Crippen LogP contribution < -0.4 is 24.8 Å². The van der Waals surface area contributed by atoms with Gasteiger partial charge in [0, 0.05) is 23.3 Å². The lowest BCUT2D eigenvalue weighted by atomic mass is 9.84. The van der Waals surface area contributed by atoms with Crippen LogP contribution in [-0.4, -0.2) is 89.3 Å². The molecule has 4 amide bonds. The Labute approximate surface area is 342 Å². The number of amides is 4. The minimum atomic E-state index is -4.94. The normalized spacial score (nSPS) is 27.7. The summed E-state index contributed by atoms with van der Waals surface area (Å²) in [6, 6.07) is 1.89. The molecule has 2 fully saturated rings. The third-order valence-corrected chi connectivity index (χ3v) is 14.2. The summed E-state index contributed by atoms with van der Waals surface area (Å²) in [6.45, 7) is 9.21. The van der Waals surface area contributed by atoms with Gasteiger partial charge in [-0.05, 0) is 97.8 Å². The van der Waals surface area contributed by atoms with Gasteiger partial charge in [0.2, 0.25) is 21.8 Å². The number of halogens is 3. The molecule has 3 aliphatic heterocycles. The van der Waals surface area contributed by atoms with E-state index in [1.54, 1.807) is 39.8 Å². The molecule has 6 rings (SSSR count). The Morgan fingerprint density at radius 3 is 2.42 bits per heavy atom. The van der Waals surface area contributed by atoms with Gasteiger partial charge in [0.05, 0.1) is 23.9 Å². The van der Waals surface area contributed by atoms with Gasteiger partial charge in [-0.25, -0.2) is 18.2 Å². The lowest BCUT2D eigenvalue weighted by molar-refractivity contribution is -0.144. The number of hydrogen-bond donors (Lipinski definition) is 3. The number of sulfonamides is 1. The van der Waals surface area contributed by atoms with Crippen LogP contribution in [0.5, 0.6) is 11.5 Å². The number of alkyl halides is 3. The lowest BCUT2D eigenvalue weighted by Crippen LogP contribution is -2.64. The maximum atomic E-state index is 14.8. The van der Waals surface area contributed by atoms with Crippen molar-refractivity contribution in [1.82, 2.24) is 25.2 Å². The fourth-order valence-corrected chi connectivity index (χ4v) is 9.30. The summed E-state index contributed by atoms with van der Waals surface area (Å²) >= 11 is 0. The van der Waals surface area contributed by atoms with Crippen LogP contribution in [-0.2, 0) is 41.7 Å². The Morgan fingerprint density at radius 2 is 1.78 bits per heavy atom. The molecule has 0 radical (unpaired) electrons. The van der Waals surface area contributed by atoms with E-state index in [1.165, 1.54) is 38.0 Å². The average Bonchev–Trinajstić information content (AvgIpc) is 3.81. The van der Waals surface area contributed by atoms with Crippen molar-refractivity contribution >= 4 is 44.7 Å². The Kier molecular flexibility index (Phi) is 11.8. The molecule has 324 valence electrons. The first kappa shape index (κ1) is 44.0. The third-order valence-electron chi connectivity index (χ3n) is 12.0. The van der Waals surface area contributed by atoms with E-state index in [0.717, 1.165) is 0 Å². The van der Waals surface area contributed by atoms with Crippen LogP contribution in [0.2, 0.25) is 0 Å². The molecule has 1 saturated heterocycles. The van der Waals surface area contributed by atoms with E-state index in [-0.39, 0.29) is 43.3 Å². The maximum absolute atomic E-state index is 14.8. The zero-order valence-electron chi connectivity index (χ0n) is 34.5. The van der Waals surface area contributed by atoms with E-state index in [0.29, 0.717) is 49.7 Å². The minimum Gasteiger partial charge on any atom is -0.497 e. The van der Waals surface area contributed by atoms with Crippen molar-refractivity contribution in [1.29, 1.82) is 0 Å². The third kappa shape index (κ3) is 9.11. The summed E-state index contributed by atoms with van der Waals surface area (Å²) in [4.78, 5) is 61.9. The van der Waals surface area contributed by atoms with Crippen LogP contribution in [0.25, 0.3) is 10.9 Å². The molecule has 0 bridgehead atoms. The number of nitrogens with zero attached hydrogens (tertiary/aromatic N) is 2. The number of allylic oxidation sites excluding steroid dienone is 1. The van der Waals surface area contributed by atoms with E-state index in [4.69, 9.17) is 14.2 Å². The SMILES string of the molecule is COc1ccc2nc(C(F)(F)F)c3c(c2c1)CCC1(CC2C(=O)NC(C)(C(=O)NS(=O)(=O)C4(C)CC4)C(C)C=CCCCCCC(NC(=O)OC(C)(C)C)C(=O)N2C1)O3. The predicted molar refractivity (Wildman–Crippen MR) is 211 cm³/mol. The molecule has 4 aliphatic rings. The monoisotopic (exact) mass is 849 g/mol. The second kappa shape index (κ2) is 15.8. The Morgan fingerprint density at radius 1 is 1.07 bits per heavy atom. The summed E-state index contributed by atoms with van der Waals surface area (Å²) in [5.41, 5.74) is -5.27. The van der Waals surface area contributed by atoms with Crippen molar-refractivity contribution < 1.29 is 55.0 Å². The Hall–Kier alpha value is -4.61. The number of nitrogens with one attached hydrogen (secondary N) is 3. The van der Waals surface area contributed by atoms with Crippen LogP contribution in [0.1, 0.15) is 111 Å². The molecule has 3 N–H and O–H groups in total. The van der Waals surface area contributed by atoms with Gasteiger partial charge in [0.15, 0.2) is 11.4 Å². The first-order chi connectivity index (χ1) is 27.4. The van der Waals surface area contributed by atoms with Gasteiger partial charge in [0.25, 0.3) is 5.91 Å². The molecule has 18 heteroatoms. The minimum absolute atomic E-state index is 0.0547. The molecular weight excluding hydrogens is 796 g/mol. The quantitative estimate of drug-likeness (QED) is 0.309. The van der Waals surface area contributed by atoms with Gasteiger partial charge in [-0.3, -0.25) is 19.1 Å². The van der Waals surface area contributed by atoms with Crippen molar-refractivity contribution in [2.75, 3.05) is 13.7 Å². The second-order valence-corrected chi connectivity index (χ2v) is 19.9. The zero-order valence-corrected chi connectivity index (χ0v) is 35.3. The summed E-state index contributed by atoms with van der Waals surface area (Å²) in [6.07, 6.45) is 0.852. The van der Waals surface area contributed by atoms with Crippen LogP contribution in [0.15, 0.2) is 30.4 Å². The van der Waals surface area contributed by atoms with Gasteiger partial charge >= 0.3 is 12.3 Å². The molecule has 1 aromatic heterocycles. The van der Waals surface area contributed by atoms with Crippen molar-refractivity contribution in [3.05, 3.63) is 41.6 Å². The molecule has 4 heterocycles. The van der Waals surface area contributed by atoms with Gasteiger partial charge < -0.3 is 29.7 Å². The first-order valence-corrected chi connectivity index (χ1v) is 21.5. The lowest BCUT2D eigenvalue weighted by Gasteiger charge is -2.37. The molecule has 5 atom stereocenters. The van der Waals surface area contributed by atoms with E-state index >= 15 is 0 Å². The van der Waals surface area contributed by atoms with Crippen molar-refractivity contribution in [3.8, 4) is 11.5 Å². The number of pyridine rings is 1. The van der Waals surface area contributed by atoms with E-state index in [9.17, 15) is 40.8 Å². The molecule has 1 aliphatic carbocycles. The highest BCUT2D eigenvalue weighted by Gasteiger charge is 2.57. The number of carbonyl (C=O) groups excluding carboxylic acids is 4. The smallest absolute Gasteiger partial charge is 0.437 e. The van der Waals surface area contributed by atoms with Crippen molar-refractivity contribution in [3.63, 3.8) is 0 Å². The number of rotatable bonds is 5. The number of aryl methyl sites for hydroxylation is 1. The molecular formula is C41H54F3N5O9S. The fraction of sp³-hybridized carbons (Fsp3) is 0.634. The highest BCUT2D eigenvalue weighted by atomic mass is 32.2. The van der Waals surface area contributed by atoms with Crippen molar-refractivity contribution in [2.45, 2.75) is 145 Å². The molecule has 2 aromatic rings. The number of methoxy groups -OCH3 is 1. The number of ether oxygens (including phenoxy) is 3. The van der Waals surface area contributed by atoms with Crippen LogP contribution >= 0.6 is 0 Å². The summed E-state index contributed by atoms with van der Waals surface area (Å²) in [7, 11) is -2.71. The van der Waals surface area contributed by atoms with Crippen LogP contribution in [0.3, 0.4) is 0 Å². The highest BCUT2D eigenvalue weighted by Crippen LogP contribution is 2.49. The van der Waals surface area contributed by atoms with E-state index in [1.807, 2.05) is 6.08 Å². The molecule has 1 spiro atoms. The van der Waals surface area contributed by atoms with Crippen LogP contribution in [0, 0.1) is 5.92 Å². The number of alkyl carbamates (subject to hydrolysis) is 1. The largest absolute Gasteiger partial charge is 0.497 e. The maximum Gasteiger partial charge on any atom is 0.437 e. The number of aromatic nitrogens is 1. The summed E-state index contributed by atoms with van der Waals surface area (Å²) in [5.74, 6) is -3.43. The number of benzene rings is 1. The summed E-state index contributed by atoms with van der Waals surface area (Å²) in [5, 5.41) is 5.82. The van der Waals surface area contributed by atoms with Gasteiger partial charge in [-0.2, -0.15) is 13.2 Å². The Bertz CT molecular complexity index is 2150. The number of fused-ring (bicyclic) bond motifs is 4. The standard InChI is InChI=1S/C41H54F3N5O9S/c1-24-13-11-9-8-10-12-14-29(46-36(53)58-37(2,3)4)34(51)49-23-40(22-30(49)33(50)47-39(24,6)35(52)48-59(54,55)38(5)19-20-38)18-17-26-27-21-25(56-7)15-16-28(27)45-32(31(26)57-40)41(42,43)44/h11,13,15-16,21,24,29-30H,8-10,12,14,17-20,22-23H2,1-7H3,(H,46,53)(H,47,50)(H,48,52). The average molecular weight is 850 g/mol. The predicted octanol–water partition coefficient (Wildman–Crippen LogP) is 5.85. The van der Waals surface area contributed by atoms with E-state index < -0.39 is 90.9 Å². The second-order valence-electron chi connectivity index (χ2n) is 17.7. The van der Waals surface area contributed by atoms with Crippen molar-refractivity contribution in [2.24, 2.45) is 5.92 Å². The fourth-order valence-electron chi connectivity index (χ4n) is 7.96. The number of hydrogen-bond acceptors (Lipinski definition) is 10. The zero-order chi connectivity index (χ0) is 43.3. The highest BCUT2D eigenvalue weighted by molar-refractivity contribution is 7.91. The Balaban J connectivity index is 1.43. The number of carbonyl (C=O) groups is 4. The van der Waals surface area contributed by atoms with E-state index in [2.05, 4.69) is 20.3 Å². The molecule has 1 saturated carbocycles. The van der Waals surface area contributed by atoms with Crippen LogP contribution in [0.4, 0.5) is 18.0 Å².